The van der Waals surface area contributed by atoms with Gasteiger partial charge >= 0.3 is 0 Å². The Hall–Kier alpha value is -1.84. The minimum Gasteiger partial charge on any atom is -0.484 e. The number of Topliss-reactive ketones (excluding diaryl/α,β-unsaturated/α-hetero) is 1. The summed E-state index contributed by atoms with van der Waals surface area (Å²) in [6.45, 7) is 3.38. The number of carbonyl (C=O) groups excluding carboxylic acids is 2. The molecule has 1 aromatic carbocycles. The van der Waals surface area contributed by atoms with Gasteiger partial charge in [-0.1, -0.05) is 19.3 Å². The average Bonchev–Trinajstić information content (AvgIpc) is 2.59. The molecule has 0 aromatic heterocycles. The van der Waals surface area contributed by atoms with E-state index in [0.29, 0.717) is 17.2 Å². The van der Waals surface area contributed by atoms with Gasteiger partial charge in [0.15, 0.2) is 12.4 Å². The minimum absolute atomic E-state index is 0.0305. The van der Waals surface area contributed by atoms with Gasteiger partial charge in [0.1, 0.15) is 5.75 Å². The normalized spacial score (nSPS) is 24.0. The lowest BCUT2D eigenvalue weighted by Crippen LogP contribution is -2.46. The summed E-state index contributed by atoms with van der Waals surface area (Å²) >= 11 is 0. The number of ether oxygens (including phenoxy) is 1. The van der Waals surface area contributed by atoms with Crippen LogP contribution in [0.5, 0.6) is 5.75 Å². The fourth-order valence-corrected chi connectivity index (χ4v) is 3.85. The summed E-state index contributed by atoms with van der Waals surface area (Å²) in [6.07, 6.45) is 6.41. The molecule has 2 aliphatic rings. The molecule has 1 saturated carbocycles. The first kappa shape index (κ1) is 16.0. The Labute approximate surface area is 137 Å². The van der Waals surface area contributed by atoms with Crippen molar-refractivity contribution in [3.8, 4) is 5.75 Å². The van der Waals surface area contributed by atoms with E-state index in [0.717, 1.165) is 25.4 Å². The van der Waals surface area contributed by atoms with E-state index in [9.17, 15) is 9.59 Å². The zero-order valence-electron chi connectivity index (χ0n) is 13.8. The smallest absolute Gasteiger partial charge is 0.260 e. The molecule has 2 unspecified atom stereocenters. The molecule has 0 N–H and O–H groups in total. The second-order valence-electron chi connectivity index (χ2n) is 6.80. The number of benzene rings is 1. The summed E-state index contributed by atoms with van der Waals surface area (Å²) in [7, 11) is 0. The van der Waals surface area contributed by atoms with Gasteiger partial charge in [0.2, 0.25) is 0 Å². The van der Waals surface area contributed by atoms with Crippen LogP contribution in [0.4, 0.5) is 0 Å². The summed E-state index contributed by atoms with van der Waals surface area (Å²) in [5.41, 5.74) is 0.656. The van der Waals surface area contributed by atoms with E-state index in [-0.39, 0.29) is 18.3 Å². The largest absolute Gasteiger partial charge is 0.484 e. The molecule has 124 valence electrons. The van der Waals surface area contributed by atoms with Crippen LogP contribution < -0.4 is 4.74 Å². The van der Waals surface area contributed by atoms with Gasteiger partial charge in [-0.05, 0) is 55.9 Å². The van der Waals surface area contributed by atoms with Crippen LogP contribution in [0.2, 0.25) is 0 Å². The number of hydrogen-bond donors (Lipinski definition) is 0. The quantitative estimate of drug-likeness (QED) is 0.801. The lowest BCUT2D eigenvalue weighted by molar-refractivity contribution is -0.136. The van der Waals surface area contributed by atoms with E-state index < -0.39 is 0 Å². The van der Waals surface area contributed by atoms with E-state index >= 15 is 0 Å². The first-order chi connectivity index (χ1) is 11.1. The molecule has 1 amide bonds. The lowest BCUT2D eigenvalue weighted by atomic mass is 9.75. The molecule has 2 fully saturated rings. The van der Waals surface area contributed by atoms with Gasteiger partial charge in [0.05, 0.1) is 0 Å². The Balaban J connectivity index is 1.50. The van der Waals surface area contributed by atoms with E-state index in [1.165, 1.54) is 32.6 Å². The predicted molar refractivity (Wildman–Crippen MR) is 88.6 cm³/mol. The van der Waals surface area contributed by atoms with Crippen LogP contribution in [0.25, 0.3) is 0 Å². The SMILES string of the molecule is CC(=O)c1ccc(OCC(=O)N2CCC3CCCCC3C2)cc1. The Morgan fingerprint density at radius 3 is 2.48 bits per heavy atom. The van der Waals surface area contributed by atoms with Crippen LogP contribution in [-0.2, 0) is 4.79 Å². The van der Waals surface area contributed by atoms with Crippen molar-refractivity contribution in [2.24, 2.45) is 11.8 Å². The van der Waals surface area contributed by atoms with Gasteiger partial charge in [-0.3, -0.25) is 9.59 Å². The predicted octanol–water partition coefficient (Wildman–Crippen LogP) is 3.31. The summed E-state index contributed by atoms with van der Waals surface area (Å²) in [5, 5.41) is 0. The van der Waals surface area contributed by atoms with Crippen molar-refractivity contribution in [2.75, 3.05) is 19.7 Å². The molecular weight excluding hydrogens is 290 g/mol. The molecule has 3 rings (SSSR count). The fourth-order valence-electron chi connectivity index (χ4n) is 3.85. The van der Waals surface area contributed by atoms with Gasteiger partial charge < -0.3 is 9.64 Å². The second kappa shape index (κ2) is 7.16. The first-order valence-electron chi connectivity index (χ1n) is 8.65. The number of nitrogens with zero attached hydrogens (tertiary/aromatic N) is 1. The maximum Gasteiger partial charge on any atom is 0.260 e. The van der Waals surface area contributed by atoms with Gasteiger partial charge in [-0.2, -0.15) is 0 Å². The highest BCUT2D eigenvalue weighted by atomic mass is 16.5. The zero-order valence-corrected chi connectivity index (χ0v) is 13.8. The third kappa shape index (κ3) is 3.92. The van der Waals surface area contributed by atoms with Gasteiger partial charge in [0, 0.05) is 18.7 Å². The fraction of sp³-hybridized carbons (Fsp3) is 0.579. The van der Waals surface area contributed by atoms with Crippen LogP contribution in [0.1, 0.15) is 49.4 Å². The Kier molecular flexibility index (Phi) is 4.99. The average molecular weight is 315 g/mol. The summed E-state index contributed by atoms with van der Waals surface area (Å²) in [4.78, 5) is 25.6. The number of fused-ring (bicyclic) bond motifs is 1. The number of hydrogen-bond acceptors (Lipinski definition) is 3. The molecule has 0 radical (unpaired) electrons. The van der Waals surface area contributed by atoms with Crippen LogP contribution >= 0.6 is 0 Å². The molecule has 1 aliphatic carbocycles. The maximum absolute atomic E-state index is 12.4. The highest BCUT2D eigenvalue weighted by molar-refractivity contribution is 5.94. The number of piperidine rings is 1. The molecule has 0 bridgehead atoms. The zero-order chi connectivity index (χ0) is 16.2. The summed E-state index contributed by atoms with van der Waals surface area (Å²) in [6, 6.07) is 6.96. The molecule has 1 aromatic rings. The third-order valence-corrected chi connectivity index (χ3v) is 5.27. The van der Waals surface area contributed by atoms with Crippen LogP contribution in [0, 0.1) is 11.8 Å². The van der Waals surface area contributed by atoms with Gasteiger partial charge in [-0.15, -0.1) is 0 Å². The number of carbonyl (C=O) groups is 2. The topological polar surface area (TPSA) is 46.6 Å². The molecule has 1 saturated heterocycles. The first-order valence-corrected chi connectivity index (χ1v) is 8.65. The third-order valence-electron chi connectivity index (χ3n) is 5.27. The monoisotopic (exact) mass is 315 g/mol. The number of amides is 1. The van der Waals surface area contributed by atoms with Crippen LogP contribution in [0.15, 0.2) is 24.3 Å². The Morgan fingerprint density at radius 2 is 1.78 bits per heavy atom. The van der Waals surface area contributed by atoms with Crippen LogP contribution in [-0.4, -0.2) is 36.3 Å². The lowest BCUT2D eigenvalue weighted by Gasteiger charge is -2.41. The van der Waals surface area contributed by atoms with Crippen molar-refractivity contribution < 1.29 is 14.3 Å². The van der Waals surface area contributed by atoms with Crippen molar-refractivity contribution in [3.05, 3.63) is 29.8 Å². The van der Waals surface area contributed by atoms with Crippen molar-refractivity contribution >= 4 is 11.7 Å². The molecule has 23 heavy (non-hydrogen) atoms. The highest BCUT2D eigenvalue weighted by Crippen LogP contribution is 2.36. The van der Waals surface area contributed by atoms with Crippen molar-refractivity contribution in [1.82, 2.24) is 4.90 Å². The minimum atomic E-state index is 0.0305. The molecule has 0 spiro atoms. The van der Waals surface area contributed by atoms with Gasteiger partial charge in [0.25, 0.3) is 5.91 Å². The Morgan fingerprint density at radius 1 is 1.09 bits per heavy atom. The van der Waals surface area contributed by atoms with E-state index in [2.05, 4.69) is 0 Å². The molecule has 1 aliphatic heterocycles. The molecule has 4 heteroatoms. The second-order valence-corrected chi connectivity index (χ2v) is 6.80. The molecule has 1 heterocycles. The van der Waals surface area contributed by atoms with E-state index in [4.69, 9.17) is 4.74 Å². The van der Waals surface area contributed by atoms with Crippen molar-refractivity contribution in [1.29, 1.82) is 0 Å². The maximum atomic E-state index is 12.4. The summed E-state index contributed by atoms with van der Waals surface area (Å²) < 4.78 is 5.59. The van der Waals surface area contributed by atoms with Gasteiger partial charge in [-0.25, -0.2) is 0 Å². The van der Waals surface area contributed by atoms with Crippen LogP contribution in [0.3, 0.4) is 0 Å². The number of ketones is 1. The number of likely N-dealkylation sites (tertiary alicyclic amines) is 1. The highest BCUT2D eigenvalue weighted by Gasteiger charge is 2.32. The van der Waals surface area contributed by atoms with E-state index in [1.807, 2.05) is 4.90 Å². The summed E-state index contributed by atoms with van der Waals surface area (Å²) in [5.74, 6) is 2.26. The van der Waals surface area contributed by atoms with E-state index in [1.54, 1.807) is 24.3 Å². The van der Waals surface area contributed by atoms with Crippen molar-refractivity contribution in [3.63, 3.8) is 0 Å². The molecule has 2 atom stereocenters. The van der Waals surface area contributed by atoms with Crippen molar-refractivity contribution in [2.45, 2.75) is 39.0 Å². The number of rotatable bonds is 4. The Bertz CT molecular complexity index is 566. The standard InChI is InChI=1S/C19H25NO3/c1-14(21)15-6-8-18(9-7-15)23-13-19(22)20-11-10-16-4-2-3-5-17(16)12-20/h6-9,16-17H,2-5,10-13H2,1H3. The molecular formula is C19H25NO3. The molecule has 4 nitrogen and oxygen atoms in total.